The van der Waals surface area contributed by atoms with E-state index in [1.165, 1.54) is 12.8 Å². The molecule has 3 atom stereocenters. The predicted molar refractivity (Wildman–Crippen MR) is 81.0 cm³/mol. The zero-order chi connectivity index (χ0) is 15.2. The molecule has 3 unspecified atom stereocenters. The molecule has 5 nitrogen and oxygen atoms in total. The maximum absolute atomic E-state index is 12.1. The third kappa shape index (κ3) is 4.19. The summed E-state index contributed by atoms with van der Waals surface area (Å²) in [4.78, 5) is 25.6. The Labute approximate surface area is 127 Å². The molecule has 0 aromatic rings. The molecular weight excluding hydrogens is 268 g/mol. The number of rotatable bonds is 6. The quantitative estimate of drug-likeness (QED) is 0.736. The van der Waals surface area contributed by atoms with Gasteiger partial charge >= 0.3 is 5.97 Å². The van der Waals surface area contributed by atoms with Gasteiger partial charge in [-0.05, 0) is 38.0 Å². The van der Waals surface area contributed by atoms with Crippen LogP contribution in [0.15, 0.2) is 0 Å². The third-order valence-corrected chi connectivity index (χ3v) is 4.97. The van der Waals surface area contributed by atoms with Crippen molar-refractivity contribution in [3.8, 4) is 0 Å². The van der Waals surface area contributed by atoms with E-state index in [1.54, 1.807) is 0 Å². The fourth-order valence-electron chi connectivity index (χ4n) is 3.85. The molecule has 0 radical (unpaired) electrons. The maximum atomic E-state index is 12.1. The highest BCUT2D eigenvalue weighted by molar-refractivity contribution is 5.80. The number of nitrogens with one attached hydrogen (secondary N) is 1. The minimum absolute atomic E-state index is 0.0269. The smallest absolute Gasteiger partial charge is 0.320 e. The highest BCUT2D eigenvalue weighted by Gasteiger charge is 2.41. The van der Waals surface area contributed by atoms with E-state index < -0.39 is 12.0 Å². The van der Waals surface area contributed by atoms with Gasteiger partial charge in [-0.2, -0.15) is 0 Å². The van der Waals surface area contributed by atoms with Gasteiger partial charge in [-0.3, -0.25) is 14.5 Å². The Kier molecular flexibility index (Phi) is 6.03. The van der Waals surface area contributed by atoms with Crippen molar-refractivity contribution >= 4 is 11.9 Å². The molecule has 0 aromatic heterocycles. The van der Waals surface area contributed by atoms with Gasteiger partial charge in [-0.1, -0.05) is 26.2 Å². The Bertz CT molecular complexity index is 373. The zero-order valence-electron chi connectivity index (χ0n) is 13.0. The number of piperidine rings is 1. The summed E-state index contributed by atoms with van der Waals surface area (Å²) in [6.45, 7) is 3.01. The summed E-state index contributed by atoms with van der Waals surface area (Å²) in [6, 6.07) is -0.202. The van der Waals surface area contributed by atoms with Gasteiger partial charge in [0.25, 0.3) is 0 Å². The molecule has 120 valence electrons. The number of hydrogen-bond donors (Lipinski definition) is 2. The van der Waals surface area contributed by atoms with E-state index in [4.69, 9.17) is 0 Å². The molecule has 1 saturated carbocycles. The molecule has 0 aromatic carbocycles. The Balaban J connectivity index is 1.99. The van der Waals surface area contributed by atoms with Crippen LogP contribution in [-0.2, 0) is 9.59 Å². The lowest BCUT2D eigenvalue weighted by atomic mass is 9.76. The summed E-state index contributed by atoms with van der Waals surface area (Å²) in [5, 5.41) is 12.4. The Morgan fingerprint density at radius 2 is 1.95 bits per heavy atom. The number of aliphatic carboxylic acids is 1. The lowest BCUT2D eigenvalue weighted by Gasteiger charge is -2.46. The first-order chi connectivity index (χ1) is 10.1. The van der Waals surface area contributed by atoms with Crippen molar-refractivity contribution in [3.63, 3.8) is 0 Å². The molecule has 0 bridgehead atoms. The molecule has 1 saturated heterocycles. The maximum Gasteiger partial charge on any atom is 0.320 e. The molecule has 5 heteroatoms. The van der Waals surface area contributed by atoms with Crippen molar-refractivity contribution in [3.05, 3.63) is 0 Å². The zero-order valence-corrected chi connectivity index (χ0v) is 13.0. The summed E-state index contributed by atoms with van der Waals surface area (Å²) in [7, 11) is 0. The van der Waals surface area contributed by atoms with E-state index in [1.807, 2.05) is 4.90 Å². The number of unbranched alkanes of at least 4 members (excludes halogenated alkanes) is 1. The van der Waals surface area contributed by atoms with Crippen molar-refractivity contribution in [1.82, 2.24) is 10.2 Å². The van der Waals surface area contributed by atoms with Crippen molar-refractivity contribution in [2.45, 2.75) is 70.4 Å². The molecule has 1 aliphatic heterocycles. The average molecular weight is 296 g/mol. The lowest BCUT2D eigenvalue weighted by molar-refractivity contribution is -0.149. The molecule has 1 aliphatic carbocycles. The van der Waals surface area contributed by atoms with Crippen molar-refractivity contribution in [1.29, 1.82) is 0 Å². The van der Waals surface area contributed by atoms with Crippen molar-refractivity contribution < 1.29 is 14.7 Å². The lowest BCUT2D eigenvalue weighted by Crippen LogP contribution is -2.57. The van der Waals surface area contributed by atoms with Crippen LogP contribution < -0.4 is 5.32 Å². The predicted octanol–water partition coefficient (Wildman–Crippen LogP) is 2.01. The molecule has 2 N–H and O–H groups in total. The average Bonchev–Trinajstić information content (AvgIpc) is 2.47. The van der Waals surface area contributed by atoms with E-state index in [-0.39, 0.29) is 18.5 Å². The van der Waals surface area contributed by atoms with Crippen LogP contribution in [0.1, 0.15) is 58.3 Å². The summed E-state index contributed by atoms with van der Waals surface area (Å²) in [5.74, 6) is -0.223. The summed E-state index contributed by atoms with van der Waals surface area (Å²) >= 11 is 0. The van der Waals surface area contributed by atoms with Crippen LogP contribution in [0.2, 0.25) is 0 Å². The van der Waals surface area contributed by atoms with E-state index >= 15 is 0 Å². The minimum atomic E-state index is -0.777. The van der Waals surface area contributed by atoms with Crippen LogP contribution in [0, 0.1) is 5.92 Å². The van der Waals surface area contributed by atoms with E-state index in [0.717, 1.165) is 32.1 Å². The van der Waals surface area contributed by atoms with Crippen LogP contribution in [0.4, 0.5) is 0 Å². The molecule has 0 spiro atoms. The highest BCUT2D eigenvalue weighted by atomic mass is 16.4. The number of hydrogen-bond acceptors (Lipinski definition) is 3. The standard InChI is InChI=1S/C16H28N2O3/c1-2-3-10-17-15(19)11-18-13-7-5-4-6-12(13)8-9-14(18)16(20)21/h12-14H,2-11H2,1H3,(H,17,19)(H,20,21). The fourth-order valence-corrected chi connectivity index (χ4v) is 3.85. The van der Waals surface area contributed by atoms with Gasteiger partial charge in [0.2, 0.25) is 5.91 Å². The van der Waals surface area contributed by atoms with E-state index in [9.17, 15) is 14.7 Å². The molecule has 1 amide bonds. The second-order valence-electron chi connectivity index (χ2n) is 6.42. The van der Waals surface area contributed by atoms with Gasteiger partial charge in [-0.15, -0.1) is 0 Å². The number of likely N-dealkylation sites (tertiary alicyclic amines) is 1. The number of carboxylic acids is 1. The van der Waals surface area contributed by atoms with Crippen LogP contribution >= 0.6 is 0 Å². The fraction of sp³-hybridized carbons (Fsp3) is 0.875. The van der Waals surface area contributed by atoms with Crippen molar-refractivity contribution in [2.75, 3.05) is 13.1 Å². The molecule has 1 heterocycles. The van der Waals surface area contributed by atoms with E-state index in [2.05, 4.69) is 12.2 Å². The first-order valence-corrected chi connectivity index (χ1v) is 8.38. The van der Waals surface area contributed by atoms with Gasteiger partial charge < -0.3 is 10.4 Å². The van der Waals surface area contributed by atoms with Crippen LogP contribution in [0.25, 0.3) is 0 Å². The number of carbonyl (C=O) groups is 2. The molecular formula is C16H28N2O3. The number of carbonyl (C=O) groups excluding carboxylic acids is 1. The summed E-state index contributed by atoms with van der Waals surface area (Å²) in [5.41, 5.74) is 0. The monoisotopic (exact) mass is 296 g/mol. The number of nitrogens with zero attached hydrogens (tertiary/aromatic N) is 1. The van der Waals surface area contributed by atoms with Gasteiger partial charge in [-0.25, -0.2) is 0 Å². The molecule has 2 fully saturated rings. The molecule has 2 aliphatic rings. The molecule has 21 heavy (non-hydrogen) atoms. The molecule has 2 rings (SSSR count). The second-order valence-corrected chi connectivity index (χ2v) is 6.42. The first-order valence-electron chi connectivity index (χ1n) is 8.38. The number of fused-ring (bicyclic) bond motifs is 1. The Morgan fingerprint density at radius 3 is 2.67 bits per heavy atom. The summed E-state index contributed by atoms with van der Waals surface area (Å²) in [6.07, 6.45) is 8.32. The van der Waals surface area contributed by atoms with Crippen LogP contribution in [0.5, 0.6) is 0 Å². The number of amides is 1. The normalized spacial score (nSPS) is 29.7. The van der Waals surface area contributed by atoms with Gasteiger partial charge in [0.05, 0.1) is 6.54 Å². The Hall–Kier alpha value is -1.10. The van der Waals surface area contributed by atoms with Gasteiger partial charge in [0.1, 0.15) is 6.04 Å². The van der Waals surface area contributed by atoms with Gasteiger partial charge in [0, 0.05) is 12.6 Å². The van der Waals surface area contributed by atoms with Crippen LogP contribution in [0.3, 0.4) is 0 Å². The van der Waals surface area contributed by atoms with Crippen LogP contribution in [-0.4, -0.2) is 47.1 Å². The highest BCUT2D eigenvalue weighted by Crippen LogP contribution is 2.37. The Morgan fingerprint density at radius 1 is 1.19 bits per heavy atom. The topological polar surface area (TPSA) is 69.6 Å². The second kappa shape index (κ2) is 7.78. The van der Waals surface area contributed by atoms with Crippen molar-refractivity contribution in [2.24, 2.45) is 5.92 Å². The first kappa shape index (κ1) is 16.3. The van der Waals surface area contributed by atoms with Gasteiger partial charge in [0.15, 0.2) is 0 Å². The minimum Gasteiger partial charge on any atom is -0.480 e. The van der Waals surface area contributed by atoms with E-state index in [0.29, 0.717) is 18.9 Å². The third-order valence-electron chi connectivity index (χ3n) is 4.97. The largest absolute Gasteiger partial charge is 0.480 e. The number of carboxylic acid groups (broad SMARTS) is 1. The SMILES string of the molecule is CCCCNC(=O)CN1C(C(=O)O)CCC2CCCCC21. The summed E-state index contributed by atoms with van der Waals surface area (Å²) < 4.78 is 0.